The van der Waals surface area contributed by atoms with E-state index in [0.29, 0.717) is 16.5 Å². The van der Waals surface area contributed by atoms with Crippen LogP contribution in [0.25, 0.3) is 0 Å². The van der Waals surface area contributed by atoms with Gasteiger partial charge in [-0.05, 0) is 31.4 Å². The summed E-state index contributed by atoms with van der Waals surface area (Å²) in [7, 11) is -1.74. The van der Waals surface area contributed by atoms with Gasteiger partial charge in [0.2, 0.25) is 10.0 Å². The molecule has 1 aromatic rings. The summed E-state index contributed by atoms with van der Waals surface area (Å²) in [5.41, 5.74) is 0.620. The maximum atomic E-state index is 12.4. The number of benzene rings is 1. The molecule has 20 heavy (non-hydrogen) atoms. The molecule has 4 nitrogen and oxygen atoms in total. The Hall–Kier alpha value is -1.07. The molecule has 0 spiro atoms. The van der Waals surface area contributed by atoms with E-state index < -0.39 is 10.0 Å². The van der Waals surface area contributed by atoms with Crippen LogP contribution in [0.3, 0.4) is 0 Å². The molecule has 0 fully saturated rings. The van der Waals surface area contributed by atoms with Crippen molar-refractivity contribution < 1.29 is 8.42 Å². The minimum atomic E-state index is -3.47. The van der Waals surface area contributed by atoms with Crippen LogP contribution in [0.15, 0.2) is 29.2 Å². The van der Waals surface area contributed by atoms with Gasteiger partial charge in [0, 0.05) is 13.1 Å². The first-order chi connectivity index (χ1) is 9.36. The van der Waals surface area contributed by atoms with Crippen LogP contribution in [0.5, 0.6) is 0 Å². The lowest BCUT2D eigenvalue weighted by atomic mass is 10.0. The van der Waals surface area contributed by atoms with E-state index in [1.54, 1.807) is 25.2 Å². The van der Waals surface area contributed by atoms with E-state index in [1.807, 2.05) is 13.0 Å². The summed E-state index contributed by atoms with van der Waals surface area (Å²) in [5, 5.41) is 2.91. The first-order valence-corrected chi connectivity index (χ1v) is 8.64. The van der Waals surface area contributed by atoms with Crippen LogP contribution >= 0.6 is 0 Å². The number of sulfonamides is 1. The van der Waals surface area contributed by atoms with E-state index in [9.17, 15) is 8.42 Å². The lowest BCUT2D eigenvalue weighted by molar-refractivity contribution is 0.488. The van der Waals surface area contributed by atoms with Crippen molar-refractivity contribution in [2.75, 3.05) is 12.4 Å². The number of nitrogens with one attached hydrogen (secondary N) is 2. The molecule has 1 unspecified atom stereocenters. The highest BCUT2D eigenvalue weighted by Gasteiger charge is 2.19. The molecule has 0 bridgehead atoms. The summed E-state index contributed by atoms with van der Waals surface area (Å²) in [6.45, 7) is 6.27. The van der Waals surface area contributed by atoms with Crippen molar-refractivity contribution in [1.82, 2.24) is 4.72 Å². The van der Waals surface area contributed by atoms with Crippen LogP contribution in [0.4, 0.5) is 5.69 Å². The second-order valence-electron chi connectivity index (χ2n) is 5.59. The van der Waals surface area contributed by atoms with E-state index in [4.69, 9.17) is 0 Å². The molecule has 0 aliphatic carbocycles. The highest BCUT2D eigenvalue weighted by molar-refractivity contribution is 7.89. The smallest absolute Gasteiger partial charge is 0.242 e. The summed E-state index contributed by atoms with van der Waals surface area (Å²) in [5.74, 6) is 0.656. The molecule has 0 aliphatic rings. The van der Waals surface area contributed by atoms with E-state index in [-0.39, 0.29) is 6.04 Å². The van der Waals surface area contributed by atoms with Crippen molar-refractivity contribution in [3.8, 4) is 0 Å². The first kappa shape index (κ1) is 17.0. The molecule has 114 valence electrons. The molecule has 0 saturated carbocycles. The van der Waals surface area contributed by atoms with Gasteiger partial charge in [0.15, 0.2) is 0 Å². The zero-order chi connectivity index (χ0) is 15.2. The van der Waals surface area contributed by atoms with Gasteiger partial charge in [-0.2, -0.15) is 0 Å². The number of hydrogen-bond acceptors (Lipinski definition) is 3. The summed E-state index contributed by atoms with van der Waals surface area (Å²) < 4.78 is 27.5. The highest BCUT2D eigenvalue weighted by Crippen LogP contribution is 2.20. The monoisotopic (exact) mass is 298 g/mol. The molecule has 1 aromatic carbocycles. The standard InChI is InChI=1S/C15H26N2O2S/c1-12(2)8-7-9-13(3)17-20(18,19)15-11-6-5-10-14(15)16-4/h5-6,10-13,16-17H,7-9H2,1-4H3. The van der Waals surface area contributed by atoms with Gasteiger partial charge in [0.25, 0.3) is 0 Å². The highest BCUT2D eigenvalue weighted by atomic mass is 32.2. The molecule has 1 rings (SSSR count). The van der Waals surface area contributed by atoms with E-state index in [1.165, 1.54) is 0 Å². The number of anilines is 1. The Bertz CT molecular complexity index is 512. The Balaban J connectivity index is 2.69. The van der Waals surface area contributed by atoms with E-state index in [0.717, 1.165) is 19.3 Å². The Kier molecular flexibility index (Phi) is 6.49. The topological polar surface area (TPSA) is 58.2 Å². The molecular weight excluding hydrogens is 272 g/mol. The summed E-state index contributed by atoms with van der Waals surface area (Å²) >= 11 is 0. The maximum absolute atomic E-state index is 12.4. The average Bonchev–Trinajstić information content (AvgIpc) is 2.37. The van der Waals surface area contributed by atoms with Gasteiger partial charge in [-0.3, -0.25) is 0 Å². The molecule has 0 radical (unpaired) electrons. The van der Waals surface area contributed by atoms with Gasteiger partial charge in [-0.15, -0.1) is 0 Å². The SMILES string of the molecule is CNc1ccccc1S(=O)(=O)NC(C)CCCC(C)C. The fraction of sp³-hybridized carbons (Fsp3) is 0.600. The third-order valence-corrected chi connectivity index (χ3v) is 4.87. The number of hydrogen-bond donors (Lipinski definition) is 2. The molecule has 0 amide bonds. The van der Waals surface area contributed by atoms with Crippen LogP contribution in [0.1, 0.15) is 40.0 Å². The molecule has 0 aliphatic heterocycles. The minimum Gasteiger partial charge on any atom is -0.387 e. The zero-order valence-corrected chi connectivity index (χ0v) is 13.6. The van der Waals surface area contributed by atoms with Gasteiger partial charge in [0.05, 0.1) is 5.69 Å². The van der Waals surface area contributed by atoms with Crippen LogP contribution < -0.4 is 10.0 Å². The van der Waals surface area contributed by atoms with Gasteiger partial charge in [-0.25, -0.2) is 13.1 Å². The fourth-order valence-electron chi connectivity index (χ4n) is 2.13. The van der Waals surface area contributed by atoms with Crippen molar-refractivity contribution in [2.24, 2.45) is 5.92 Å². The van der Waals surface area contributed by atoms with Crippen molar-refractivity contribution in [2.45, 2.75) is 51.0 Å². The van der Waals surface area contributed by atoms with Crippen LogP contribution in [-0.2, 0) is 10.0 Å². The van der Waals surface area contributed by atoms with Crippen molar-refractivity contribution in [1.29, 1.82) is 0 Å². The van der Waals surface area contributed by atoms with Crippen LogP contribution in [-0.4, -0.2) is 21.5 Å². The average molecular weight is 298 g/mol. The first-order valence-electron chi connectivity index (χ1n) is 7.16. The van der Waals surface area contributed by atoms with Gasteiger partial charge < -0.3 is 5.32 Å². The molecule has 0 heterocycles. The van der Waals surface area contributed by atoms with Gasteiger partial charge in [0.1, 0.15) is 4.90 Å². The summed E-state index contributed by atoms with van der Waals surface area (Å²) in [6, 6.07) is 6.88. The predicted octanol–water partition coefficient (Wildman–Crippen LogP) is 3.22. The molecule has 1 atom stereocenters. The normalized spacial score (nSPS) is 13.4. The molecular formula is C15H26N2O2S. The third kappa shape index (κ3) is 5.13. The quantitative estimate of drug-likeness (QED) is 0.774. The minimum absolute atomic E-state index is 0.0522. The van der Waals surface area contributed by atoms with Crippen molar-refractivity contribution in [3.05, 3.63) is 24.3 Å². The largest absolute Gasteiger partial charge is 0.387 e. The second kappa shape index (κ2) is 7.64. The predicted molar refractivity (Wildman–Crippen MR) is 84.5 cm³/mol. The van der Waals surface area contributed by atoms with Crippen molar-refractivity contribution in [3.63, 3.8) is 0 Å². The molecule has 5 heteroatoms. The lowest BCUT2D eigenvalue weighted by Gasteiger charge is -2.16. The van der Waals surface area contributed by atoms with Crippen LogP contribution in [0.2, 0.25) is 0 Å². The molecule has 2 N–H and O–H groups in total. The summed E-state index contributed by atoms with van der Waals surface area (Å²) in [4.78, 5) is 0.304. The van der Waals surface area contributed by atoms with Gasteiger partial charge in [-0.1, -0.05) is 38.8 Å². The Morgan fingerprint density at radius 3 is 2.35 bits per heavy atom. The fourth-order valence-corrected chi connectivity index (χ4v) is 3.62. The second-order valence-corrected chi connectivity index (χ2v) is 7.28. The van der Waals surface area contributed by atoms with Gasteiger partial charge >= 0.3 is 0 Å². The van der Waals surface area contributed by atoms with Crippen molar-refractivity contribution >= 4 is 15.7 Å². The van der Waals surface area contributed by atoms with E-state index >= 15 is 0 Å². The lowest BCUT2D eigenvalue weighted by Crippen LogP contribution is -2.33. The Morgan fingerprint density at radius 2 is 1.75 bits per heavy atom. The number of para-hydroxylation sites is 1. The Morgan fingerprint density at radius 1 is 1.10 bits per heavy atom. The number of rotatable bonds is 8. The van der Waals surface area contributed by atoms with Crippen LogP contribution in [0, 0.1) is 5.92 Å². The third-order valence-electron chi connectivity index (χ3n) is 3.22. The Labute approximate surface area is 123 Å². The summed E-state index contributed by atoms with van der Waals surface area (Å²) in [6.07, 6.45) is 3.02. The molecule has 0 saturated heterocycles. The van der Waals surface area contributed by atoms with E-state index in [2.05, 4.69) is 23.9 Å². The zero-order valence-electron chi connectivity index (χ0n) is 12.8. The maximum Gasteiger partial charge on any atom is 0.242 e. The molecule has 0 aromatic heterocycles.